The van der Waals surface area contributed by atoms with Gasteiger partial charge >= 0.3 is 0 Å². The Bertz CT molecular complexity index is 2340. The van der Waals surface area contributed by atoms with Gasteiger partial charge in [-0.2, -0.15) is 0 Å². The van der Waals surface area contributed by atoms with Crippen molar-refractivity contribution in [1.82, 2.24) is 20.9 Å². The van der Waals surface area contributed by atoms with E-state index in [1.165, 1.54) is 34.8 Å². The van der Waals surface area contributed by atoms with E-state index in [0.29, 0.717) is 54.2 Å². The van der Waals surface area contributed by atoms with E-state index in [9.17, 15) is 18.4 Å². The number of thiophene rings is 2. The normalized spacial score (nSPS) is 12.7. The Hall–Kier alpha value is -3.60. The molecule has 0 radical (unpaired) electrons. The van der Waals surface area contributed by atoms with Crippen LogP contribution in [0.5, 0.6) is 0 Å². The van der Waals surface area contributed by atoms with Crippen molar-refractivity contribution in [2.24, 2.45) is 5.92 Å². The first-order chi connectivity index (χ1) is 25.6. The summed E-state index contributed by atoms with van der Waals surface area (Å²) < 4.78 is 36.7. The third kappa shape index (κ3) is 9.20. The van der Waals surface area contributed by atoms with Crippen molar-refractivity contribution in [2.45, 2.75) is 26.4 Å². The van der Waals surface area contributed by atoms with E-state index >= 15 is 0 Å². The van der Waals surface area contributed by atoms with Gasteiger partial charge in [-0.05, 0) is 131 Å². The molecule has 0 spiro atoms. The molecule has 1 fully saturated rings. The third-order valence-electron chi connectivity index (χ3n) is 8.03. The first-order valence-electron chi connectivity index (χ1n) is 16.3. The van der Waals surface area contributed by atoms with Gasteiger partial charge in [-0.3, -0.25) is 19.3 Å². The minimum Gasteiger partial charge on any atom is -0.373 e. The molecule has 274 valence electrons. The molecule has 0 bridgehead atoms. The number of carbonyl (C=O) groups excluding carboxylic acids is 2. The summed E-state index contributed by atoms with van der Waals surface area (Å²) in [7, 11) is 0. The number of anilines is 4. The van der Waals surface area contributed by atoms with Crippen LogP contribution < -0.4 is 21.6 Å². The van der Waals surface area contributed by atoms with Crippen LogP contribution in [0.3, 0.4) is 0 Å². The topological polar surface area (TPSA) is 136 Å². The number of halogens is 4. The van der Waals surface area contributed by atoms with Crippen molar-refractivity contribution in [3.8, 4) is 0 Å². The van der Waals surface area contributed by atoms with Gasteiger partial charge in [0.1, 0.15) is 31.3 Å². The van der Waals surface area contributed by atoms with Gasteiger partial charge in [0.25, 0.3) is 11.8 Å². The van der Waals surface area contributed by atoms with Crippen LogP contribution in [0.1, 0.15) is 44.8 Å². The lowest BCUT2D eigenvalue weighted by atomic mass is 10.1. The summed E-state index contributed by atoms with van der Waals surface area (Å²) in [5.74, 6) is -1.42. The van der Waals surface area contributed by atoms with E-state index in [-0.39, 0.29) is 36.8 Å². The standard InChI is InChI=1S/C36H30F2I2N6O5S2/c1-18-12-24-30(36(52-33(24)41-15-18)44-28-9-5-21(40)14-26(28)38)32(48)45-50-11-10-49-17-22-6-7-23-29(31(47)46-51-16-19-2-3-19)35(53-34(23)42-22)43-27-8-4-20(39)13-25(27)37/h4-9,12-15,19,43-44H,2-3,10-11,16-17H2,1H3,(H,45,48)(H,46,47). The highest BCUT2D eigenvalue weighted by molar-refractivity contribution is 14.1. The van der Waals surface area contributed by atoms with Crippen LogP contribution in [0.2, 0.25) is 0 Å². The number of rotatable bonds is 15. The second-order valence-corrected chi connectivity index (χ2v) is 16.6. The van der Waals surface area contributed by atoms with E-state index in [2.05, 4.69) is 26.6 Å². The average molecular weight is 983 g/mol. The van der Waals surface area contributed by atoms with Crippen molar-refractivity contribution in [3.63, 3.8) is 0 Å². The summed E-state index contributed by atoms with van der Waals surface area (Å²) in [6.07, 6.45) is 3.86. The number of hydroxylamine groups is 2. The van der Waals surface area contributed by atoms with Crippen LogP contribution in [0, 0.1) is 31.6 Å². The quantitative estimate of drug-likeness (QED) is 0.0452. The summed E-state index contributed by atoms with van der Waals surface area (Å²) >= 11 is 6.52. The zero-order chi connectivity index (χ0) is 37.1. The predicted octanol–water partition coefficient (Wildman–Crippen LogP) is 9.14. The molecule has 53 heavy (non-hydrogen) atoms. The molecule has 11 nitrogen and oxygen atoms in total. The molecule has 4 aromatic heterocycles. The number of carbonyl (C=O) groups is 2. The second kappa shape index (κ2) is 16.8. The van der Waals surface area contributed by atoms with Gasteiger partial charge < -0.3 is 15.4 Å². The first-order valence-corrected chi connectivity index (χ1v) is 20.1. The van der Waals surface area contributed by atoms with Crippen LogP contribution in [-0.2, 0) is 21.0 Å². The maximum Gasteiger partial charge on any atom is 0.278 e. The average Bonchev–Trinajstić information content (AvgIpc) is 3.78. The van der Waals surface area contributed by atoms with Crippen molar-refractivity contribution >= 4 is 121 Å². The van der Waals surface area contributed by atoms with E-state index < -0.39 is 23.4 Å². The van der Waals surface area contributed by atoms with Gasteiger partial charge in [0, 0.05) is 24.1 Å². The Morgan fingerprint density at radius 2 is 1.43 bits per heavy atom. The SMILES string of the molecule is Cc1cnc2sc(Nc3ccc(I)cc3F)c(C(=O)NOCCOCc3ccc4c(C(=O)NOCC5CC5)c(Nc5ccc(I)cc5F)sc4n3)c2c1. The third-order valence-corrected chi connectivity index (χ3v) is 11.4. The monoisotopic (exact) mass is 982 g/mol. The number of ether oxygens (including phenoxy) is 1. The molecule has 4 heterocycles. The van der Waals surface area contributed by atoms with Crippen molar-refractivity contribution in [2.75, 3.05) is 30.5 Å². The number of nitrogens with zero attached hydrogens (tertiary/aromatic N) is 2. The van der Waals surface area contributed by atoms with Gasteiger partial charge in [0.2, 0.25) is 0 Å². The number of aromatic nitrogens is 2. The summed E-state index contributed by atoms with van der Waals surface area (Å²) in [5.41, 5.74) is 7.51. The Labute approximate surface area is 337 Å². The number of hydrogen-bond acceptors (Lipinski definition) is 11. The Morgan fingerprint density at radius 3 is 2.08 bits per heavy atom. The molecule has 0 unspecified atom stereocenters. The van der Waals surface area contributed by atoms with Gasteiger partial charge in [-0.25, -0.2) is 29.7 Å². The number of hydrogen-bond donors (Lipinski definition) is 4. The maximum atomic E-state index is 14.8. The van der Waals surface area contributed by atoms with E-state index in [1.807, 2.05) is 58.2 Å². The lowest BCUT2D eigenvalue weighted by Gasteiger charge is -2.10. The van der Waals surface area contributed by atoms with Crippen molar-refractivity contribution in [3.05, 3.63) is 102 Å². The zero-order valence-electron chi connectivity index (χ0n) is 27.9. The molecule has 2 amide bonds. The Morgan fingerprint density at radius 1 is 0.811 bits per heavy atom. The molecule has 7 rings (SSSR count). The van der Waals surface area contributed by atoms with Crippen LogP contribution in [0.25, 0.3) is 20.4 Å². The van der Waals surface area contributed by atoms with Gasteiger partial charge in [0.15, 0.2) is 0 Å². The molecule has 1 saturated carbocycles. The van der Waals surface area contributed by atoms with Crippen LogP contribution >= 0.6 is 67.9 Å². The molecule has 2 aromatic carbocycles. The molecular formula is C36H30F2I2N6O5S2. The van der Waals surface area contributed by atoms with Crippen molar-refractivity contribution < 1.29 is 32.8 Å². The Balaban J connectivity index is 0.982. The summed E-state index contributed by atoms with van der Waals surface area (Å²) in [4.78, 5) is 47.9. The van der Waals surface area contributed by atoms with Gasteiger partial charge in [-0.15, -0.1) is 0 Å². The zero-order valence-corrected chi connectivity index (χ0v) is 33.8. The van der Waals surface area contributed by atoms with Crippen LogP contribution in [-0.4, -0.2) is 41.6 Å². The second-order valence-electron chi connectivity index (χ2n) is 12.1. The van der Waals surface area contributed by atoms with Gasteiger partial charge in [0.05, 0.1) is 54.6 Å². The van der Waals surface area contributed by atoms with E-state index in [1.54, 1.807) is 42.6 Å². The lowest BCUT2D eigenvalue weighted by Crippen LogP contribution is -2.26. The molecule has 6 aromatic rings. The Kier molecular flexibility index (Phi) is 12.0. The first kappa shape index (κ1) is 37.7. The molecule has 4 N–H and O–H groups in total. The van der Waals surface area contributed by atoms with Crippen LogP contribution in [0.4, 0.5) is 30.2 Å². The minimum atomic E-state index is -0.519. The lowest BCUT2D eigenvalue weighted by molar-refractivity contribution is -0.00444. The number of fused-ring (bicyclic) bond motifs is 2. The molecule has 0 aliphatic heterocycles. The molecule has 0 saturated heterocycles. The fourth-order valence-electron chi connectivity index (χ4n) is 5.24. The number of benzene rings is 2. The number of aryl methyl sites for hydroxylation is 1. The number of pyridine rings is 2. The molecule has 17 heteroatoms. The number of amides is 2. The summed E-state index contributed by atoms with van der Waals surface area (Å²) in [6, 6.07) is 15.0. The highest BCUT2D eigenvalue weighted by atomic mass is 127. The smallest absolute Gasteiger partial charge is 0.278 e. The summed E-state index contributed by atoms with van der Waals surface area (Å²) in [6.45, 7) is 2.59. The van der Waals surface area contributed by atoms with Gasteiger partial charge in [-0.1, -0.05) is 22.7 Å². The summed E-state index contributed by atoms with van der Waals surface area (Å²) in [5, 5.41) is 8.16. The molecule has 0 atom stereocenters. The highest BCUT2D eigenvalue weighted by Gasteiger charge is 2.25. The fraction of sp³-hybridized carbons (Fsp3) is 0.222. The van der Waals surface area contributed by atoms with Crippen molar-refractivity contribution in [1.29, 1.82) is 0 Å². The fourth-order valence-corrected chi connectivity index (χ4v) is 8.29. The minimum absolute atomic E-state index is 0.0294. The number of nitrogens with one attached hydrogen (secondary N) is 4. The van der Waals surface area contributed by atoms with E-state index in [4.69, 9.17) is 19.4 Å². The largest absolute Gasteiger partial charge is 0.373 e. The highest BCUT2D eigenvalue weighted by Crippen LogP contribution is 2.39. The predicted molar refractivity (Wildman–Crippen MR) is 218 cm³/mol. The van der Waals surface area contributed by atoms with E-state index in [0.717, 1.165) is 25.5 Å². The molecule has 1 aliphatic rings. The van der Waals surface area contributed by atoms with Crippen LogP contribution in [0.15, 0.2) is 60.8 Å². The molecule has 1 aliphatic carbocycles. The molecular weight excluding hydrogens is 952 g/mol. The maximum absolute atomic E-state index is 14.8.